The maximum absolute atomic E-state index is 10.4. The minimum atomic E-state index is -1.11. The van der Waals surface area contributed by atoms with Gasteiger partial charge in [-0.2, -0.15) is 0 Å². The first-order chi connectivity index (χ1) is 12.6. The van der Waals surface area contributed by atoms with Crippen LogP contribution in [0.3, 0.4) is 0 Å². The van der Waals surface area contributed by atoms with E-state index in [2.05, 4.69) is 4.99 Å². The van der Waals surface area contributed by atoms with Crippen molar-refractivity contribution in [1.82, 2.24) is 0 Å². The lowest BCUT2D eigenvalue weighted by molar-refractivity contribution is 0.187. The Labute approximate surface area is 153 Å². The molecule has 2 rings (SSSR count). The number of benzene rings is 2. The molecule has 2 aromatic carbocycles. The molecule has 2 aromatic rings. The Bertz CT molecular complexity index is 729. The predicted molar refractivity (Wildman–Crippen MR) is 102 cm³/mol. The number of aliphatic hydroxyl groups is 2. The van der Waals surface area contributed by atoms with Gasteiger partial charge in [0, 0.05) is 17.7 Å². The summed E-state index contributed by atoms with van der Waals surface area (Å²) in [4.78, 5) is 4.17. The van der Waals surface area contributed by atoms with Crippen LogP contribution in [0.5, 0.6) is 11.5 Å². The van der Waals surface area contributed by atoms with Crippen LogP contribution < -0.4 is 15.2 Å². The molecule has 0 aliphatic heterocycles. The van der Waals surface area contributed by atoms with E-state index in [9.17, 15) is 5.11 Å². The molecule has 140 valence electrons. The monoisotopic (exact) mass is 358 g/mol. The van der Waals surface area contributed by atoms with Crippen molar-refractivity contribution in [2.24, 2.45) is 10.7 Å². The second kappa shape index (κ2) is 9.79. The maximum atomic E-state index is 10.4. The van der Waals surface area contributed by atoms with Gasteiger partial charge in [-0.15, -0.1) is 0 Å². The summed E-state index contributed by atoms with van der Waals surface area (Å²) in [6, 6.07) is 12.6. The summed E-state index contributed by atoms with van der Waals surface area (Å²) in [7, 11) is 0. The van der Waals surface area contributed by atoms with Gasteiger partial charge in [-0.05, 0) is 38.0 Å². The van der Waals surface area contributed by atoms with Crippen LogP contribution in [0.4, 0.5) is 0 Å². The molecule has 6 nitrogen and oxygen atoms in total. The smallest absolute Gasteiger partial charge is 0.173 e. The van der Waals surface area contributed by atoms with E-state index in [1.165, 1.54) is 0 Å². The number of nitrogens with two attached hydrogens (primary N) is 1. The van der Waals surface area contributed by atoms with Gasteiger partial charge in [-0.3, -0.25) is 0 Å². The van der Waals surface area contributed by atoms with Crippen LogP contribution in [0.2, 0.25) is 0 Å². The first-order valence-corrected chi connectivity index (χ1v) is 8.70. The third kappa shape index (κ3) is 5.21. The van der Waals surface area contributed by atoms with Crippen LogP contribution >= 0.6 is 0 Å². The van der Waals surface area contributed by atoms with Gasteiger partial charge in [0.25, 0.3) is 0 Å². The fourth-order valence-corrected chi connectivity index (χ4v) is 2.48. The van der Waals surface area contributed by atoms with Crippen molar-refractivity contribution in [1.29, 1.82) is 0 Å². The highest BCUT2D eigenvalue weighted by Crippen LogP contribution is 2.31. The molecule has 0 amide bonds. The minimum Gasteiger partial charge on any atom is -0.490 e. The summed E-state index contributed by atoms with van der Waals surface area (Å²) in [6.07, 6.45) is -0.520. The summed E-state index contributed by atoms with van der Waals surface area (Å²) in [5, 5.41) is 19.4. The normalized spacial score (nSPS) is 12.7. The molecule has 0 saturated heterocycles. The highest BCUT2D eigenvalue weighted by molar-refractivity contribution is 5.97. The number of amidine groups is 1. The van der Waals surface area contributed by atoms with E-state index in [4.69, 9.17) is 20.3 Å². The zero-order chi connectivity index (χ0) is 18.9. The number of ether oxygens (including phenoxy) is 2. The number of hydrogen-bond acceptors (Lipinski definition) is 5. The quantitative estimate of drug-likeness (QED) is 0.472. The molecule has 26 heavy (non-hydrogen) atoms. The lowest BCUT2D eigenvalue weighted by Crippen LogP contribution is -2.15. The predicted octanol–water partition coefficient (Wildman–Crippen LogP) is 2.42. The lowest BCUT2D eigenvalue weighted by Gasteiger charge is -2.14. The number of hydrogen-bond donors (Lipinski definition) is 3. The van der Waals surface area contributed by atoms with Crippen LogP contribution in [0.1, 0.15) is 36.8 Å². The Hall–Kier alpha value is -2.57. The highest BCUT2D eigenvalue weighted by Gasteiger charge is 2.12. The van der Waals surface area contributed by atoms with Crippen molar-refractivity contribution in [3.63, 3.8) is 0 Å². The van der Waals surface area contributed by atoms with E-state index in [1.54, 1.807) is 18.2 Å². The SMILES string of the molecule is CCOc1ccc(C(O)/N=C(\N)c2ccc(CCO)cc2)cc1OCC. The van der Waals surface area contributed by atoms with Gasteiger partial charge >= 0.3 is 0 Å². The fraction of sp³-hybridized carbons (Fsp3) is 0.350. The Morgan fingerprint density at radius 3 is 2.31 bits per heavy atom. The number of rotatable bonds is 9. The standard InChI is InChI=1S/C20H26N2O4/c1-3-25-17-10-9-16(13-18(17)26-4-2)20(24)22-19(21)15-7-5-14(6-8-15)11-12-23/h5-10,13,20,23-24H,3-4,11-12H2,1-2H3,(H2,21,22). The Morgan fingerprint density at radius 1 is 1.04 bits per heavy atom. The third-order valence-corrected chi connectivity index (χ3v) is 3.78. The van der Waals surface area contributed by atoms with Crippen molar-refractivity contribution in [2.45, 2.75) is 26.5 Å². The average molecular weight is 358 g/mol. The maximum Gasteiger partial charge on any atom is 0.173 e. The molecular formula is C20H26N2O4. The Kier molecular flexibility index (Phi) is 7.44. The molecular weight excluding hydrogens is 332 g/mol. The zero-order valence-corrected chi connectivity index (χ0v) is 15.2. The zero-order valence-electron chi connectivity index (χ0n) is 15.2. The van der Waals surface area contributed by atoms with Gasteiger partial charge in [0.15, 0.2) is 17.7 Å². The van der Waals surface area contributed by atoms with E-state index in [-0.39, 0.29) is 12.4 Å². The van der Waals surface area contributed by atoms with Gasteiger partial charge in [0.2, 0.25) is 0 Å². The topological polar surface area (TPSA) is 97.3 Å². The second-order valence-electron chi connectivity index (χ2n) is 5.63. The lowest BCUT2D eigenvalue weighted by atomic mass is 10.1. The van der Waals surface area contributed by atoms with Gasteiger partial charge in [-0.25, -0.2) is 4.99 Å². The number of nitrogens with zero attached hydrogens (tertiary/aromatic N) is 1. The second-order valence-corrected chi connectivity index (χ2v) is 5.63. The van der Waals surface area contributed by atoms with Crippen molar-refractivity contribution >= 4 is 5.84 Å². The van der Waals surface area contributed by atoms with Crippen molar-refractivity contribution in [2.75, 3.05) is 19.8 Å². The average Bonchev–Trinajstić information content (AvgIpc) is 2.64. The first-order valence-electron chi connectivity index (χ1n) is 8.70. The largest absolute Gasteiger partial charge is 0.490 e. The van der Waals surface area contributed by atoms with E-state index >= 15 is 0 Å². The molecule has 4 N–H and O–H groups in total. The van der Waals surface area contributed by atoms with Crippen LogP contribution in [0.25, 0.3) is 0 Å². The van der Waals surface area contributed by atoms with Crippen LogP contribution in [-0.4, -0.2) is 35.9 Å². The first kappa shape index (κ1) is 19.8. The molecule has 0 fully saturated rings. The van der Waals surface area contributed by atoms with Crippen molar-refractivity contribution < 1.29 is 19.7 Å². The summed E-state index contributed by atoms with van der Waals surface area (Å²) in [5.74, 6) is 1.43. The molecule has 0 aromatic heterocycles. The molecule has 0 bridgehead atoms. The van der Waals surface area contributed by atoms with E-state index < -0.39 is 6.23 Å². The molecule has 0 heterocycles. The highest BCUT2D eigenvalue weighted by atomic mass is 16.5. The number of aliphatic imine (C=N–C) groups is 1. The summed E-state index contributed by atoms with van der Waals surface area (Å²) < 4.78 is 11.1. The van der Waals surface area contributed by atoms with Crippen LogP contribution in [0.15, 0.2) is 47.5 Å². The van der Waals surface area contributed by atoms with Gasteiger partial charge < -0.3 is 25.4 Å². The van der Waals surface area contributed by atoms with Gasteiger partial charge in [0.05, 0.1) is 13.2 Å². The van der Waals surface area contributed by atoms with E-state index in [1.807, 2.05) is 38.1 Å². The Balaban J connectivity index is 2.20. The summed E-state index contributed by atoms with van der Waals surface area (Å²) >= 11 is 0. The molecule has 0 aliphatic carbocycles. The molecule has 0 radical (unpaired) electrons. The molecule has 0 aliphatic rings. The van der Waals surface area contributed by atoms with Crippen LogP contribution in [0, 0.1) is 0 Å². The van der Waals surface area contributed by atoms with Gasteiger partial charge in [0.1, 0.15) is 5.84 Å². The molecule has 0 spiro atoms. The van der Waals surface area contributed by atoms with E-state index in [0.717, 1.165) is 5.56 Å². The fourth-order valence-electron chi connectivity index (χ4n) is 2.48. The van der Waals surface area contributed by atoms with E-state index in [0.29, 0.717) is 42.3 Å². The molecule has 0 saturated carbocycles. The molecule has 6 heteroatoms. The van der Waals surface area contributed by atoms with Crippen molar-refractivity contribution in [3.8, 4) is 11.5 Å². The number of aliphatic hydroxyl groups excluding tert-OH is 2. The van der Waals surface area contributed by atoms with Gasteiger partial charge in [-0.1, -0.05) is 30.3 Å². The molecule has 1 unspecified atom stereocenters. The summed E-state index contributed by atoms with van der Waals surface area (Å²) in [6.45, 7) is 4.90. The van der Waals surface area contributed by atoms with Crippen LogP contribution in [-0.2, 0) is 6.42 Å². The van der Waals surface area contributed by atoms with Crippen molar-refractivity contribution in [3.05, 3.63) is 59.2 Å². The Morgan fingerprint density at radius 2 is 1.69 bits per heavy atom. The molecule has 1 atom stereocenters. The minimum absolute atomic E-state index is 0.0987. The summed E-state index contributed by atoms with van der Waals surface area (Å²) in [5.41, 5.74) is 8.30. The third-order valence-electron chi connectivity index (χ3n) is 3.78.